The van der Waals surface area contributed by atoms with Crippen molar-refractivity contribution in [3.63, 3.8) is 0 Å². The highest BCUT2D eigenvalue weighted by molar-refractivity contribution is 7.89. The van der Waals surface area contributed by atoms with Gasteiger partial charge in [0.15, 0.2) is 0 Å². The first kappa shape index (κ1) is 16.7. The average molecular weight is 302 g/mol. The highest BCUT2D eigenvalue weighted by atomic mass is 32.2. The molecule has 3 N–H and O–H groups in total. The van der Waals surface area contributed by atoms with E-state index in [1.54, 1.807) is 7.11 Å². The van der Waals surface area contributed by atoms with E-state index in [0.717, 1.165) is 6.42 Å². The van der Waals surface area contributed by atoms with Crippen molar-refractivity contribution in [1.29, 1.82) is 0 Å². The summed E-state index contributed by atoms with van der Waals surface area (Å²) in [5.41, 5.74) is 6.02. The van der Waals surface area contributed by atoms with Crippen LogP contribution in [0.5, 0.6) is 5.75 Å². The van der Waals surface area contributed by atoms with Gasteiger partial charge in [-0.3, -0.25) is 0 Å². The van der Waals surface area contributed by atoms with Crippen LogP contribution in [0.1, 0.15) is 19.8 Å². The van der Waals surface area contributed by atoms with E-state index in [4.69, 9.17) is 15.2 Å². The largest absolute Gasteiger partial charge is 0.495 e. The molecule has 0 saturated carbocycles. The number of nitrogen functional groups attached to an aromatic ring is 1. The van der Waals surface area contributed by atoms with Gasteiger partial charge < -0.3 is 15.2 Å². The standard InChI is InChI=1S/C13H22N2O4S/c1-4-5-10(9-18-2)15-20(16,17)11-6-7-13(19-3)12(14)8-11/h6-8,10,15H,4-5,9,14H2,1-3H3. The van der Waals surface area contributed by atoms with E-state index in [0.29, 0.717) is 18.8 Å². The molecule has 0 fully saturated rings. The zero-order chi connectivity index (χ0) is 15.2. The summed E-state index contributed by atoms with van der Waals surface area (Å²) in [7, 11) is -0.593. The molecule has 0 heterocycles. The van der Waals surface area contributed by atoms with E-state index < -0.39 is 10.0 Å². The summed E-state index contributed by atoms with van der Waals surface area (Å²) < 4.78 is 37.2. The maximum atomic E-state index is 12.3. The molecule has 0 amide bonds. The fraction of sp³-hybridized carbons (Fsp3) is 0.538. The van der Waals surface area contributed by atoms with Crippen molar-refractivity contribution in [1.82, 2.24) is 4.72 Å². The van der Waals surface area contributed by atoms with Gasteiger partial charge in [0.05, 0.1) is 24.3 Å². The van der Waals surface area contributed by atoms with Crippen LogP contribution in [0.4, 0.5) is 5.69 Å². The number of nitrogens with two attached hydrogens (primary N) is 1. The van der Waals surface area contributed by atoms with E-state index in [1.165, 1.54) is 25.3 Å². The van der Waals surface area contributed by atoms with Gasteiger partial charge >= 0.3 is 0 Å². The number of nitrogens with one attached hydrogen (secondary N) is 1. The Kier molecular flexibility index (Phi) is 6.25. The van der Waals surface area contributed by atoms with Crippen molar-refractivity contribution in [2.75, 3.05) is 26.6 Å². The minimum atomic E-state index is -3.62. The number of benzene rings is 1. The van der Waals surface area contributed by atoms with Crippen molar-refractivity contribution in [3.8, 4) is 5.75 Å². The Balaban J connectivity index is 2.94. The Bertz CT molecular complexity index is 525. The zero-order valence-corrected chi connectivity index (χ0v) is 12.9. The van der Waals surface area contributed by atoms with Gasteiger partial charge in [-0.25, -0.2) is 13.1 Å². The second-order valence-corrected chi connectivity index (χ2v) is 6.18. The summed E-state index contributed by atoms with van der Waals surface area (Å²) in [6, 6.07) is 4.14. The molecule has 114 valence electrons. The quantitative estimate of drug-likeness (QED) is 0.708. The number of hydrogen-bond acceptors (Lipinski definition) is 5. The van der Waals surface area contributed by atoms with E-state index in [9.17, 15) is 8.42 Å². The van der Waals surface area contributed by atoms with Gasteiger partial charge in [-0.15, -0.1) is 0 Å². The second-order valence-electron chi connectivity index (χ2n) is 4.47. The second kappa shape index (κ2) is 7.47. The number of rotatable bonds is 8. The molecule has 1 aromatic rings. The number of sulfonamides is 1. The van der Waals surface area contributed by atoms with Gasteiger partial charge in [0.1, 0.15) is 5.75 Å². The summed E-state index contributed by atoms with van der Waals surface area (Å²) in [4.78, 5) is 0.119. The van der Waals surface area contributed by atoms with E-state index in [-0.39, 0.29) is 16.6 Å². The van der Waals surface area contributed by atoms with Crippen molar-refractivity contribution in [2.45, 2.75) is 30.7 Å². The lowest BCUT2D eigenvalue weighted by Crippen LogP contribution is -2.37. The summed E-state index contributed by atoms with van der Waals surface area (Å²) >= 11 is 0. The SMILES string of the molecule is CCCC(COC)NS(=O)(=O)c1ccc(OC)c(N)c1. The predicted molar refractivity (Wildman–Crippen MR) is 78.3 cm³/mol. The van der Waals surface area contributed by atoms with Gasteiger partial charge in [-0.2, -0.15) is 0 Å². The Morgan fingerprint density at radius 3 is 2.55 bits per heavy atom. The van der Waals surface area contributed by atoms with Crippen molar-refractivity contribution < 1.29 is 17.9 Å². The normalized spacial score (nSPS) is 13.2. The fourth-order valence-electron chi connectivity index (χ4n) is 1.89. The molecule has 6 nitrogen and oxygen atoms in total. The lowest BCUT2D eigenvalue weighted by Gasteiger charge is -2.17. The van der Waals surface area contributed by atoms with Crippen LogP contribution in [-0.4, -0.2) is 35.3 Å². The maximum Gasteiger partial charge on any atom is 0.240 e. The van der Waals surface area contributed by atoms with Gasteiger partial charge in [-0.1, -0.05) is 13.3 Å². The van der Waals surface area contributed by atoms with Crippen LogP contribution in [0.15, 0.2) is 23.1 Å². The van der Waals surface area contributed by atoms with E-state index in [1.807, 2.05) is 6.92 Å². The maximum absolute atomic E-state index is 12.3. The molecule has 7 heteroatoms. The first-order valence-electron chi connectivity index (χ1n) is 6.39. The smallest absolute Gasteiger partial charge is 0.240 e. The number of methoxy groups -OCH3 is 2. The van der Waals surface area contributed by atoms with Crippen molar-refractivity contribution in [2.24, 2.45) is 0 Å². The highest BCUT2D eigenvalue weighted by Gasteiger charge is 2.20. The molecular weight excluding hydrogens is 280 g/mol. The minimum absolute atomic E-state index is 0.119. The third-order valence-electron chi connectivity index (χ3n) is 2.84. The molecule has 0 aliphatic heterocycles. The molecule has 0 aliphatic carbocycles. The van der Waals surface area contributed by atoms with Gasteiger partial charge in [0.2, 0.25) is 10.0 Å². The van der Waals surface area contributed by atoms with Gasteiger partial charge in [0.25, 0.3) is 0 Å². The molecule has 0 spiro atoms. The third kappa shape index (κ3) is 4.36. The Hall–Kier alpha value is -1.31. The van der Waals surface area contributed by atoms with Gasteiger partial charge in [0, 0.05) is 13.2 Å². The van der Waals surface area contributed by atoms with Crippen LogP contribution in [0.2, 0.25) is 0 Å². The van der Waals surface area contributed by atoms with Crippen LogP contribution < -0.4 is 15.2 Å². The third-order valence-corrected chi connectivity index (χ3v) is 4.36. The lowest BCUT2D eigenvalue weighted by molar-refractivity contribution is 0.171. The predicted octanol–water partition coefficient (Wildman–Crippen LogP) is 1.37. The monoisotopic (exact) mass is 302 g/mol. The Morgan fingerprint density at radius 2 is 2.05 bits per heavy atom. The molecule has 0 radical (unpaired) electrons. The van der Waals surface area contributed by atoms with Crippen LogP contribution in [-0.2, 0) is 14.8 Å². The molecule has 0 aliphatic rings. The Morgan fingerprint density at radius 1 is 1.35 bits per heavy atom. The first-order chi connectivity index (χ1) is 9.44. The van der Waals surface area contributed by atoms with E-state index in [2.05, 4.69) is 4.72 Å². The molecule has 0 aromatic heterocycles. The first-order valence-corrected chi connectivity index (χ1v) is 7.87. The molecule has 0 saturated heterocycles. The van der Waals surface area contributed by atoms with Crippen LogP contribution >= 0.6 is 0 Å². The molecule has 0 bridgehead atoms. The summed E-state index contributed by atoms with van der Waals surface area (Å²) in [5.74, 6) is 0.450. The average Bonchev–Trinajstić information content (AvgIpc) is 2.38. The molecule has 20 heavy (non-hydrogen) atoms. The molecule has 1 unspecified atom stereocenters. The zero-order valence-electron chi connectivity index (χ0n) is 12.0. The van der Waals surface area contributed by atoms with Crippen LogP contribution in [0.25, 0.3) is 0 Å². The minimum Gasteiger partial charge on any atom is -0.495 e. The van der Waals surface area contributed by atoms with Crippen molar-refractivity contribution >= 4 is 15.7 Å². The lowest BCUT2D eigenvalue weighted by atomic mass is 10.2. The van der Waals surface area contributed by atoms with Crippen molar-refractivity contribution in [3.05, 3.63) is 18.2 Å². The van der Waals surface area contributed by atoms with Gasteiger partial charge in [-0.05, 0) is 24.6 Å². The highest BCUT2D eigenvalue weighted by Crippen LogP contribution is 2.24. The molecule has 1 aromatic carbocycles. The summed E-state index contributed by atoms with van der Waals surface area (Å²) in [5, 5.41) is 0. The summed E-state index contributed by atoms with van der Waals surface area (Å²) in [6.45, 7) is 2.32. The Labute approximate surface area is 120 Å². The summed E-state index contributed by atoms with van der Waals surface area (Å²) in [6.07, 6.45) is 1.57. The van der Waals surface area contributed by atoms with Crippen LogP contribution in [0, 0.1) is 0 Å². The topological polar surface area (TPSA) is 90.6 Å². The molecular formula is C13H22N2O4S. The molecule has 1 atom stereocenters. The fourth-order valence-corrected chi connectivity index (χ4v) is 3.18. The number of hydrogen-bond donors (Lipinski definition) is 2. The van der Waals surface area contributed by atoms with E-state index >= 15 is 0 Å². The molecule has 1 rings (SSSR count). The number of ether oxygens (including phenoxy) is 2. The van der Waals surface area contributed by atoms with Crippen LogP contribution in [0.3, 0.4) is 0 Å². The number of anilines is 1.